The molecule has 0 saturated heterocycles. The highest BCUT2D eigenvalue weighted by molar-refractivity contribution is 9.11. The fraction of sp³-hybridized carbons (Fsp3) is 0.389. The van der Waals surface area contributed by atoms with Gasteiger partial charge in [-0.25, -0.2) is 14.8 Å². The first-order valence-electron chi connectivity index (χ1n) is 8.70. The van der Waals surface area contributed by atoms with Crippen LogP contribution in [0.25, 0.3) is 11.3 Å². The number of nitrogens with one attached hydrogen (secondary N) is 1. The normalized spacial score (nSPS) is 16.0. The average Bonchev–Trinajstić information content (AvgIpc) is 3.01. The molecule has 2 aliphatic rings. The minimum atomic E-state index is -0.0605. The molecule has 3 N–H and O–H groups in total. The lowest BCUT2D eigenvalue weighted by Crippen LogP contribution is -2.45. The Morgan fingerprint density at radius 2 is 2.04 bits per heavy atom. The summed E-state index contributed by atoms with van der Waals surface area (Å²) < 4.78 is 7.11. The zero-order chi connectivity index (χ0) is 19.1. The van der Waals surface area contributed by atoms with E-state index in [2.05, 4.69) is 47.1 Å². The van der Waals surface area contributed by atoms with Crippen LogP contribution in [0.15, 0.2) is 21.1 Å². The summed E-state index contributed by atoms with van der Waals surface area (Å²) in [6, 6.07) is 4.04. The highest BCUT2D eigenvalue weighted by atomic mass is 79.9. The molecule has 4 rings (SSSR count). The molecule has 2 heterocycles. The van der Waals surface area contributed by atoms with Crippen LogP contribution in [0.5, 0.6) is 5.75 Å². The maximum Gasteiger partial charge on any atom is 0.318 e. The quantitative estimate of drug-likeness (QED) is 0.673. The van der Waals surface area contributed by atoms with Crippen molar-refractivity contribution in [1.82, 2.24) is 20.2 Å². The third kappa shape index (κ3) is 3.50. The summed E-state index contributed by atoms with van der Waals surface area (Å²) in [6.07, 6.45) is 3.28. The van der Waals surface area contributed by atoms with E-state index in [1.165, 1.54) is 6.42 Å². The number of urea groups is 1. The lowest BCUT2D eigenvalue weighted by Gasteiger charge is -2.28. The van der Waals surface area contributed by atoms with Gasteiger partial charge in [-0.3, -0.25) is 0 Å². The maximum atomic E-state index is 12.6. The van der Waals surface area contributed by atoms with Gasteiger partial charge in [-0.2, -0.15) is 0 Å². The smallest absolute Gasteiger partial charge is 0.318 e. The third-order valence-corrected chi connectivity index (χ3v) is 6.29. The largest absolute Gasteiger partial charge is 0.496 e. The van der Waals surface area contributed by atoms with E-state index >= 15 is 0 Å². The molecule has 1 aromatic heterocycles. The molecule has 0 bridgehead atoms. The van der Waals surface area contributed by atoms with Crippen LogP contribution >= 0.6 is 31.9 Å². The fourth-order valence-electron chi connectivity index (χ4n) is 3.33. The van der Waals surface area contributed by atoms with Crippen molar-refractivity contribution in [3.05, 3.63) is 32.3 Å². The topological polar surface area (TPSA) is 93.4 Å². The first kappa shape index (κ1) is 18.5. The van der Waals surface area contributed by atoms with E-state index in [1.807, 2.05) is 12.1 Å². The van der Waals surface area contributed by atoms with Gasteiger partial charge in [-0.1, -0.05) is 15.9 Å². The molecule has 1 aliphatic carbocycles. The second-order valence-corrected chi connectivity index (χ2v) is 8.46. The van der Waals surface area contributed by atoms with Crippen molar-refractivity contribution in [1.29, 1.82) is 0 Å². The monoisotopic (exact) mass is 495 g/mol. The van der Waals surface area contributed by atoms with E-state index in [1.54, 1.807) is 12.0 Å². The van der Waals surface area contributed by atoms with Crippen molar-refractivity contribution < 1.29 is 9.53 Å². The van der Waals surface area contributed by atoms with Crippen molar-refractivity contribution >= 4 is 43.8 Å². The molecular weight excluding hydrogens is 478 g/mol. The number of nitrogens with two attached hydrogens (primary N) is 1. The first-order chi connectivity index (χ1) is 13.0. The molecule has 0 atom stereocenters. The van der Waals surface area contributed by atoms with Gasteiger partial charge in [0.05, 0.1) is 36.1 Å². The molecule has 0 radical (unpaired) electrons. The van der Waals surface area contributed by atoms with Crippen LogP contribution in [0.3, 0.4) is 0 Å². The SMILES string of the molecule is COc1cc(-c2nc(N)nc3c2CN(C(=O)NC2CCC2)C3)c(Br)cc1Br. The van der Waals surface area contributed by atoms with Crippen LogP contribution in [0.2, 0.25) is 0 Å². The standard InChI is InChI=1S/C18H19Br2N5O2/c1-27-15-5-10(12(19)6-13(15)20)16-11-7-25(8-14(11)23-17(21)24-16)18(26)22-9-3-2-4-9/h5-6,9H,2-4,7-8H2,1H3,(H,22,26)(H2,21,23,24). The number of methoxy groups -OCH3 is 1. The lowest BCUT2D eigenvalue weighted by atomic mass is 9.93. The molecule has 1 fully saturated rings. The number of carbonyl (C=O) groups is 1. The summed E-state index contributed by atoms with van der Waals surface area (Å²) in [5.41, 5.74) is 9.22. The zero-order valence-corrected chi connectivity index (χ0v) is 17.9. The number of halogens is 2. The number of ether oxygens (including phenoxy) is 1. The van der Waals surface area contributed by atoms with Gasteiger partial charge in [0.1, 0.15) is 5.75 Å². The molecule has 9 heteroatoms. The molecule has 142 valence electrons. The number of hydrogen-bond acceptors (Lipinski definition) is 5. The first-order valence-corrected chi connectivity index (χ1v) is 10.3. The maximum absolute atomic E-state index is 12.6. The number of hydrogen-bond donors (Lipinski definition) is 2. The molecule has 0 spiro atoms. The summed E-state index contributed by atoms with van der Waals surface area (Å²) in [7, 11) is 1.61. The minimum absolute atomic E-state index is 0.0605. The lowest BCUT2D eigenvalue weighted by molar-refractivity contribution is 0.186. The van der Waals surface area contributed by atoms with Crippen molar-refractivity contribution in [3.63, 3.8) is 0 Å². The Kier molecular flexibility index (Phi) is 4.98. The van der Waals surface area contributed by atoms with Gasteiger partial charge >= 0.3 is 6.03 Å². The van der Waals surface area contributed by atoms with E-state index in [0.717, 1.165) is 38.6 Å². The van der Waals surface area contributed by atoms with Gasteiger partial charge in [-0.05, 0) is 47.3 Å². The Morgan fingerprint density at radius 1 is 1.26 bits per heavy atom. The van der Waals surface area contributed by atoms with Crippen LogP contribution in [0.1, 0.15) is 30.5 Å². The molecule has 1 aliphatic heterocycles. The van der Waals surface area contributed by atoms with Gasteiger partial charge in [0.2, 0.25) is 5.95 Å². The Labute approximate surface area is 173 Å². The molecule has 1 aromatic carbocycles. The van der Waals surface area contributed by atoms with Gasteiger partial charge < -0.3 is 20.7 Å². The highest BCUT2D eigenvalue weighted by Crippen LogP contribution is 2.40. The number of rotatable bonds is 3. The van der Waals surface area contributed by atoms with Crippen molar-refractivity contribution in [3.8, 4) is 17.0 Å². The van der Waals surface area contributed by atoms with Crippen LogP contribution in [-0.4, -0.2) is 34.1 Å². The van der Waals surface area contributed by atoms with E-state index in [-0.39, 0.29) is 12.0 Å². The number of fused-ring (bicyclic) bond motifs is 1. The van der Waals surface area contributed by atoms with Crippen LogP contribution in [0.4, 0.5) is 10.7 Å². The number of benzene rings is 1. The molecule has 2 aromatic rings. The predicted molar refractivity (Wildman–Crippen MR) is 109 cm³/mol. The zero-order valence-electron chi connectivity index (χ0n) is 14.8. The second kappa shape index (κ2) is 7.27. The number of aromatic nitrogens is 2. The number of carbonyl (C=O) groups excluding carboxylic acids is 1. The third-order valence-electron chi connectivity index (χ3n) is 5.02. The van der Waals surface area contributed by atoms with Gasteiger partial charge in [-0.15, -0.1) is 0 Å². The summed E-state index contributed by atoms with van der Waals surface area (Å²) in [5.74, 6) is 0.885. The number of nitrogen functional groups attached to an aromatic ring is 1. The molecule has 0 unspecified atom stereocenters. The Balaban J connectivity index is 1.69. The van der Waals surface area contributed by atoms with E-state index in [9.17, 15) is 4.79 Å². The van der Waals surface area contributed by atoms with Gasteiger partial charge in [0.15, 0.2) is 0 Å². The Hall–Kier alpha value is -1.87. The number of nitrogens with zero attached hydrogens (tertiary/aromatic N) is 3. The van der Waals surface area contributed by atoms with Crippen LogP contribution in [0, 0.1) is 0 Å². The molecule has 2 amide bonds. The van der Waals surface area contributed by atoms with Crippen molar-refractivity contribution in [2.75, 3.05) is 12.8 Å². The van der Waals surface area contributed by atoms with E-state index in [4.69, 9.17) is 10.5 Å². The summed E-state index contributed by atoms with van der Waals surface area (Å²) in [4.78, 5) is 23.2. The van der Waals surface area contributed by atoms with E-state index < -0.39 is 0 Å². The summed E-state index contributed by atoms with van der Waals surface area (Å²) >= 11 is 7.08. The number of anilines is 1. The van der Waals surface area contributed by atoms with Crippen LogP contribution < -0.4 is 15.8 Å². The molecule has 1 saturated carbocycles. The van der Waals surface area contributed by atoms with Crippen LogP contribution in [-0.2, 0) is 13.1 Å². The Morgan fingerprint density at radius 3 is 2.70 bits per heavy atom. The van der Waals surface area contributed by atoms with E-state index in [0.29, 0.717) is 30.6 Å². The van der Waals surface area contributed by atoms with Gasteiger partial charge in [0.25, 0.3) is 0 Å². The minimum Gasteiger partial charge on any atom is -0.496 e. The predicted octanol–water partition coefficient (Wildman–Crippen LogP) is 3.84. The Bertz CT molecular complexity index is 917. The number of amides is 2. The average molecular weight is 497 g/mol. The van der Waals surface area contributed by atoms with Crippen molar-refractivity contribution in [2.45, 2.75) is 38.4 Å². The molecular formula is C18H19Br2N5O2. The van der Waals surface area contributed by atoms with Crippen molar-refractivity contribution in [2.24, 2.45) is 0 Å². The van der Waals surface area contributed by atoms with Gasteiger partial charge in [0, 0.05) is 21.6 Å². The summed E-state index contributed by atoms with van der Waals surface area (Å²) in [5, 5.41) is 3.08. The highest BCUT2D eigenvalue weighted by Gasteiger charge is 2.31. The summed E-state index contributed by atoms with van der Waals surface area (Å²) in [6.45, 7) is 0.882. The second-order valence-electron chi connectivity index (χ2n) is 6.76. The fourth-order valence-corrected chi connectivity index (χ4v) is 4.67. The molecule has 7 nitrogen and oxygen atoms in total. The molecule has 27 heavy (non-hydrogen) atoms.